The Bertz CT molecular complexity index is 1370. The number of aromatic nitrogens is 2. The Morgan fingerprint density at radius 2 is 1.91 bits per heavy atom. The standard InChI is InChI=1S/C27H27ClN4O2/c1-15-9-10-17(11-16(15)2)30-26(34)19-14-29-32-24(18-7-5-6-8-20(18)28)23-21(31-25(19)32)12-27(3,4)13-22(23)33/h5-11,14,24,31H,12-13H2,1-4H3,(H,30,34)/t24-/m1/s1. The summed E-state index contributed by atoms with van der Waals surface area (Å²) in [5.41, 5.74) is 5.51. The van der Waals surface area contributed by atoms with Crippen LogP contribution in [0.3, 0.4) is 0 Å². The molecule has 0 unspecified atom stereocenters. The van der Waals surface area contributed by atoms with Crippen molar-refractivity contribution in [3.63, 3.8) is 0 Å². The van der Waals surface area contributed by atoms with Crippen molar-refractivity contribution in [2.45, 2.75) is 46.6 Å². The summed E-state index contributed by atoms with van der Waals surface area (Å²) < 4.78 is 1.71. The Kier molecular flexibility index (Phi) is 5.36. The molecule has 6 nitrogen and oxygen atoms in total. The van der Waals surface area contributed by atoms with E-state index in [-0.39, 0.29) is 17.1 Å². The van der Waals surface area contributed by atoms with Gasteiger partial charge in [-0.3, -0.25) is 9.59 Å². The quantitative estimate of drug-likeness (QED) is 0.483. The van der Waals surface area contributed by atoms with Crippen LogP contribution in [0.1, 0.15) is 59.8 Å². The van der Waals surface area contributed by atoms with E-state index in [2.05, 4.69) is 29.6 Å². The van der Waals surface area contributed by atoms with E-state index in [1.807, 2.05) is 56.3 Å². The molecule has 2 aliphatic rings. The van der Waals surface area contributed by atoms with Gasteiger partial charge in [-0.1, -0.05) is 49.7 Å². The molecular weight excluding hydrogens is 448 g/mol. The first-order valence-electron chi connectivity index (χ1n) is 11.4. The molecule has 1 amide bonds. The first-order chi connectivity index (χ1) is 16.1. The van der Waals surface area contributed by atoms with E-state index in [0.717, 1.165) is 28.1 Å². The number of nitrogens with one attached hydrogen (secondary N) is 2. The lowest BCUT2D eigenvalue weighted by Gasteiger charge is -2.39. The van der Waals surface area contributed by atoms with Crippen LogP contribution in [0, 0.1) is 19.3 Å². The van der Waals surface area contributed by atoms with E-state index in [9.17, 15) is 9.59 Å². The van der Waals surface area contributed by atoms with Crippen molar-refractivity contribution >= 4 is 34.8 Å². The van der Waals surface area contributed by atoms with Gasteiger partial charge in [0.15, 0.2) is 5.78 Å². The number of aryl methyl sites for hydroxylation is 2. The summed E-state index contributed by atoms with van der Waals surface area (Å²) in [5, 5.41) is 11.5. The minimum atomic E-state index is -0.494. The zero-order valence-electron chi connectivity index (χ0n) is 19.7. The lowest BCUT2D eigenvalue weighted by Crippen LogP contribution is -2.37. The maximum Gasteiger partial charge on any atom is 0.261 e. The number of halogens is 1. The molecule has 3 aromatic rings. The van der Waals surface area contributed by atoms with Crippen LogP contribution in [0.5, 0.6) is 0 Å². The number of hydrogen-bond acceptors (Lipinski definition) is 4. The number of hydrogen-bond donors (Lipinski definition) is 2. The highest BCUT2D eigenvalue weighted by molar-refractivity contribution is 6.31. The highest BCUT2D eigenvalue weighted by atomic mass is 35.5. The van der Waals surface area contributed by atoms with Gasteiger partial charge in [0, 0.05) is 28.4 Å². The Morgan fingerprint density at radius 3 is 2.65 bits per heavy atom. The number of anilines is 2. The van der Waals surface area contributed by atoms with Gasteiger partial charge < -0.3 is 10.6 Å². The van der Waals surface area contributed by atoms with E-state index in [0.29, 0.717) is 34.8 Å². The molecule has 2 aromatic carbocycles. The van der Waals surface area contributed by atoms with Gasteiger partial charge in [0.25, 0.3) is 5.91 Å². The number of rotatable bonds is 3. The fraction of sp³-hybridized carbons (Fsp3) is 0.296. The van der Waals surface area contributed by atoms with E-state index in [4.69, 9.17) is 11.6 Å². The Balaban J connectivity index is 1.60. The molecule has 2 N–H and O–H groups in total. The van der Waals surface area contributed by atoms with Crippen LogP contribution in [0.2, 0.25) is 5.02 Å². The molecule has 2 heterocycles. The van der Waals surface area contributed by atoms with Gasteiger partial charge in [0.2, 0.25) is 0 Å². The molecule has 0 saturated carbocycles. The van der Waals surface area contributed by atoms with E-state index in [1.54, 1.807) is 10.9 Å². The first-order valence-corrected chi connectivity index (χ1v) is 11.8. The predicted octanol–water partition coefficient (Wildman–Crippen LogP) is 6.06. The number of carbonyl (C=O) groups is 2. The van der Waals surface area contributed by atoms with Crippen molar-refractivity contribution < 1.29 is 9.59 Å². The molecule has 0 fully saturated rings. The van der Waals surface area contributed by atoms with Gasteiger partial charge in [-0.25, -0.2) is 4.68 Å². The summed E-state index contributed by atoms with van der Waals surface area (Å²) in [4.78, 5) is 26.6. The number of benzene rings is 2. The third kappa shape index (κ3) is 3.82. The molecule has 34 heavy (non-hydrogen) atoms. The molecule has 1 aliphatic heterocycles. The minimum absolute atomic E-state index is 0.0750. The maximum atomic E-state index is 13.3. The number of Topliss-reactive ketones (excluding diaryl/α,β-unsaturated/α-hetero) is 1. The van der Waals surface area contributed by atoms with Crippen LogP contribution in [-0.2, 0) is 4.79 Å². The molecule has 174 valence electrons. The lowest BCUT2D eigenvalue weighted by atomic mass is 9.73. The molecule has 1 aliphatic carbocycles. The van der Waals surface area contributed by atoms with E-state index >= 15 is 0 Å². The smallest absolute Gasteiger partial charge is 0.261 e. The van der Waals surface area contributed by atoms with Crippen LogP contribution in [0.15, 0.2) is 59.9 Å². The van der Waals surface area contributed by atoms with Gasteiger partial charge in [0.1, 0.15) is 17.4 Å². The van der Waals surface area contributed by atoms with Crippen molar-refractivity contribution in [2.24, 2.45) is 5.41 Å². The topological polar surface area (TPSA) is 76.0 Å². The van der Waals surface area contributed by atoms with Crippen LogP contribution < -0.4 is 10.6 Å². The second-order valence-corrected chi connectivity index (χ2v) is 10.4. The molecule has 1 aromatic heterocycles. The fourth-order valence-corrected chi connectivity index (χ4v) is 5.12. The van der Waals surface area contributed by atoms with E-state index in [1.165, 1.54) is 0 Å². The molecule has 0 saturated heterocycles. The van der Waals surface area contributed by atoms with Gasteiger partial charge >= 0.3 is 0 Å². The van der Waals surface area contributed by atoms with Crippen LogP contribution in [0.4, 0.5) is 11.5 Å². The number of amides is 1. The second kappa shape index (κ2) is 8.13. The lowest BCUT2D eigenvalue weighted by molar-refractivity contribution is -0.118. The molecule has 1 atom stereocenters. The third-order valence-electron chi connectivity index (χ3n) is 6.71. The Hall–Kier alpha value is -3.38. The van der Waals surface area contributed by atoms with Crippen molar-refractivity contribution in [3.05, 3.63) is 87.2 Å². The molecule has 0 radical (unpaired) electrons. The first kappa shape index (κ1) is 22.4. The zero-order chi connectivity index (χ0) is 24.2. The van der Waals surface area contributed by atoms with Gasteiger partial charge in [-0.15, -0.1) is 0 Å². The Labute approximate surface area is 204 Å². The van der Waals surface area contributed by atoms with Crippen LogP contribution in [-0.4, -0.2) is 21.5 Å². The van der Waals surface area contributed by atoms with Gasteiger partial charge in [0.05, 0.1) is 6.20 Å². The number of fused-ring (bicyclic) bond motifs is 1. The summed E-state index contributed by atoms with van der Waals surface area (Å²) in [5.74, 6) is 0.377. The second-order valence-electron chi connectivity index (χ2n) is 9.99. The van der Waals surface area contributed by atoms with Crippen molar-refractivity contribution in [1.82, 2.24) is 9.78 Å². The zero-order valence-corrected chi connectivity index (χ0v) is 20.5. The number of nitrogens with zero attached hydrogens (tertiary/aromatic N) is 2. The van der Waals surface area contributed by atoms with Crippen LogP contribution >= 0.6 is 11.6 Å². The fourth-order valence-electron chi connectivity index (χ4n) is 4.88. The van der Waals surface area contributed by atoms with Gasteiger partial charge in [-0.05, 0) is 60.6 Å². The summed E-state index contributed by atoms with van der Waals surface area (Å²) in [6, 6.07) is 12.8. The van der Waals surface area contributed by atoms with Crippen molar-refractivity contribution in [3.8, 4) is 0 Å². The predicted molar refractivity (Wildman–Crippen MR) is 134 cm³/mol. The summed E-state index contributed by atoms with van der Waals surface area (Å²) in [6.07, 6.45) is 2.69. The summed E-state index contributed by atoms with van der Waals surface area (Å²) in [6.45, 7) is 8.21. The molecule has 0 bridgehead atoms. The minimum Gasteiger partial charge on any atom is -0.343 e. The number of allylic oxidation sites excluding steroid dienone is 2. The SMILES string of the molecule is Cc1ccc(NC(=O)c2cnn3c2NC2=C(C(=O)CC(C)(C)C2)[C@H]3c2ccccc2Cl)cc1C. The largest absolute Gasteiger partial charge is 0.343 e. The number of carbonyl (C=O) groups excluding carboxylic acids is 2. The monoisotopic (exact) mass is 474 g/mol. The molecule has 0 spiro atoms. The highest BCUT2D eigenvalue weighted by Gasteiger charge is 2.42. The molecule has 7 heteroatoms. The summed E-state index contributed by atoms with van der Waals surface area (Å²) in [7, 11) is 0. The average Bonchev–Trinajstić information content (AvgIpc) is 3.18. The molecular formula is C27H27ClN4O2. The van der Waals surface area contributed by atoms with Gasteiger partial charge in [-0.2, -0.15) is 5.10 Å². The number of ketones is 1. The van der Waals surface area contributed by atoms with Crippen LogP contribution in [0.25, 0.3) is 0 Å². The normalized spacial score (nSPS) is 18.7. The summed E-state index contributed by atoms with van der Waals surface area (Å²) >= 11 is 6.59. The van der Waals surface area contributed by atoms with E-state index < -0.39 is 6.04 Å². The highest BCUT2D eigenvalue weighted by Crippen LogP contribution is 2.47. The Morgan fingerprint density at radius 1 is 1.15 bits per heavy atom. The van der Waals surface area contributed by atoms with Crippen molar-refractivity contribution in [2.75, 3.05) is 10.6 Å². The third-order valence-corrected chi connectivity index (χ3v) is 7.06. The molecule has 5 rings (SSSR count). The average molecular weight is 475 g/mol. The maximum absolute atomic E-state index is 13.3. The van der Waals surface area contributed by atoms with Crippen molar-refractivity contribution in [1.29, 1.82) is 0 Å².